The van der Waals surface area contributed by atoms with Crippen LogP contribution in [0.25, 0.3) is 0 Å². The molecule has 1 heterocycles. The molecule has 0 amide bonds. The van der Waals surface area contributed by atoms with Crippen molar-refractivity contribution in [2.75, 3.05) is 19.8 Å². The van der Waals surface area contributed by atoms with E-state index >= 15 is 0 Å². The highest BCUT2D eigenvalue weighted by Gasteiger charge is 2.05. The molecule has 1 rings (SSSR count). The Kier molecular flexibility index (Phi) is 5.95. The topological polar surface area (TPSA) is 74.5 Å². The van der Waals surface area contributed by atoms with Crippen LogP contribution in [0.2, 0.25) is 0 Å². The molecule has 0 bridgehead atoms. The van der Waals surface area contributed by atoms with Gasteiger partial charge in [0.1, 0.15) is 12.8 Å². The minimum absolute atomic E-state index is 0.0449. The van der Waals surface area contributed by atoms with Crippen LogP contribution in [-0.2, 0) is 4.74 Å². The van der Waals surface area contributed by atoms with Crippen molar-refractivity contribution in [3.8, 4) is 5.88 Å². The lowest BCUT2D eigenvalue weighted by Gasteiger charge is -2.05. The zero-order valence-corrected chi connectivity index (χ0v) is 9.80. The third-order valence-corrected chi connectivity index (χ3v) is 2.05. The third-order valence-electron chi connectivity index (χ3n) is 2.05. The second-order valence-corrected chi connectivity index (χ2v) is 3.43. The smallest absolute Gasteiger partial charge is 0.287 e. The minimum atomic E-state index is -0.495. The Morgan fingerprint density at radius 3 is 2.76 bits per heavy atom. The average molecular weight is 240 g/mol. The van der Waals surface area contributed by atoms with Crippen molar-refractivity contribution in [2.45, 2.75) is 19.8 Å². The SMILES string of the molecule is CCCCOCCOc1ccc([N+](=O)[O-])cn1. The lowest BCUT2D eigenvalue weighted by molar-refractivity contribution is -0.385. The summed E-state index contributed by atoms with van der Waals surface area (Å²) in [5, 5.41) is 10.4. The van der Waals surface area contributed by atoms with Gasteiger partial charge >= 0.3 is 0 Å². The summed E-state index contributed by atoms with van der Waals surface area (Å²) in [5.41, 5.74) is -0.0449. The van der Waals surface area contributed by atoms with Gasteiger partial charge in [-0.1, -0.05) is 13.3 Å². The Hall–Kier alpha value is -1.69. The van der Waals surface area contributed by atoms with Gasteiger partial charge in [0.15, 0.2) is 0 Å². The van der Waals surface area contributed by atoms with Crippen LogP contribution in [0.4, 0.5) is 5.69 Å². The number of aromatic nitrogens is 1. The predicted molar refractivity (Wildman–Crippen MR) is 62.1 cm³/mol. The van der Waals surface area contributed by atoms with Crippen LogP contribution >= 0.6 is 0 Å². The van der Waals surface area contributed by atoms with Crippen molar-refractivity contribution in [1.82, 2.24) is 4.98 Å². The Morgan fingerprint density at radius 1 is 1.35 bits per heavy atom. The molecule has 0 aliphatic heterocycles. The molecule has 0 atom stereocenters. The average Bonchev–Trinajstić information content (AvgIpc) is 2.34. The summed E-state index contributed by atoms with van der Waals surface area (Å²) in [4.78, 5) is 13.7. The number of rotatable bonds is 8. The molecule has 0 N–H and O–H groups in total. The summed E-state index contributed by atoms with van der Waals surface area (Å²) in [6.07, 6.45) is 3.31. The van der Waals surface area contributed by atoms with Gasteiger partial charge in [-0.3, -0.25) is 10.1 Å². The summed E-state index contributed by atoms with van der Waals surface area (Å²) >= 11 is 0. The highest BCUT2D eigenvalue weighted by atomic mass is 16.6. The van der Waals surface area contributed by atoms with E-state index in [0.717, 1.165) is 19.4 Å². The molecular weight excluding hydrogens is 224 g/mol. The highest BCUT2D eigenvalue weighted by molar-refractivity contribution is 5.28. The van der Waals surface area contributed by atoms with Gasteiger partial charge < -0.3 is 9.47 Å². The fraction of sp³-hybridized carbons (Fsp3) is 0.545. The standard InChI is InChI=1S/C11H16N2O4/c1-2-3-6-16-7-8-17-11-5-4-10(9-12-11)13(14)15/h4-5,9H,2-3,6-8H2,1H3. The first kappa shape index (κ1) is 13.4. The zero-order chi connectivity index (χ0) is 12.5. The number of unbranched alkanes of at least 4 members (excludes halogenated alkanes) is 1. The zero-order valence-electron chi connectivity index (χ0n) is 9.80. The van der Waals surface area contributed by atoms with E-state index in [1.807, 2.05) is 0 Å². The van der Waals surface area contributed by atoms with Crippen molar-refractivity contribution >= 4 is 5.69 Å². The molecule has 1 aromatic heterocycles. The van der Waals surface area contributed by atoms with Gasteiger partial charge in [-0.25, -0.2) is 4.98 Å². The molecule has 0 aliphatic carbocycles. The van der Waals surface area contributed by atoms with Gasteiger partial charge in [0, 0.05) is 18.7 Å². The molecule has 0 unspecified atom stereocenters. The van der Waals surface area contributed by atoms with Crippen molar-refractivity contribution in [2.24, 2.45) is 0 Å². The maximum absolute atomic E-state index is 10.4. The second kappa shape index (κ2) is 7.56. The number of nitrogens with zero attached hydrogens (tertiary/aromatic N) is 2. The van der Waals surface area contributed by atoms with Crippen LogP contribution in [0.5, 0.6) is 5.88 Å². The number of ether oxygens (including phenoxy) is 2. The summed E-state index contributed by atoms with van der Waals surface area (Å²) in [7, 11) is 0. The molecule has 0 aromatic carbocycles. The minimum Gasteiger partial charge on any atom is -0.475 e. The first-order valence-electron chi connectivity index (χ1n) is 5.55. The van der Waals surface area contributed by atoms with Crippen molar-refractivity contribution < 1.29 is 14.4 Å². The fourth-order valence-corrected chi connectivity index (χ4v) is 1.12. The van der Waals surface area contributed by atoms with Gasteiger partial charge in [0.25, 0.3) is 5.69 Å². The monoisotopic (exact) mass is 240 g/mol. The van der Waals surface area contributed by atoms with Crippen LogP contribution in [0, 0.1) is 10.1 Å². The van der Waals surface area contributed by atoms with E-state index in [0.29, 0.717) is 19.1 Å². The quantitative estimate of drug-likeness (QED) is 0.395. The van der Waals surface area contributed by atoms with Gasteiger partial charge in [0.05, 0.1) is 11.5 Å². The number of nitro groups is 1. The first-order valence-corrected chi connectivity index (χ1v) is 5.55. The van der Waals surface area contributed by atoms with E-state index < -0.39 is 4.92 Å². The van der Waals surface area contributed by atoms with Gasteiger partial charge in [-0.05, 0) is 6.42 Å². The van der Waals surface area contributed by atoms with Crippen molar-refractivity contribution in [3.05, 3.63) is 28.4 Å². The Morgan fingerprint density at radius 2 is 2.18 bits per heavy atom. The van der Waals surface area contributed by atoms with Crippen LogP contribution in [0.3, 0.4) is 0 Å². The predicted octanol–water partition coefficient (Wildman–Crippen LogP) is 2.19. The Bertz CT molecular complexity index is 340. The van der Waals surface area contributed by atoms with Crippen LogP contribution in [0.15, 0.2) is 18.3 Å². The molecule has 0 aliphatic rings. The number of hydrogen-bond acceptors (Lipinski definition) is 5. The molecule has 0 fully saturated rings. The molecule has 0 saturated carbocycles. The summed E-state index contributed by atoms with van der Waals surface area (Å²) in [6.45, 7) is 3.72. The molecule has 6 heteroatoms. The van der Waals surface area contributed by atoms with E-state index in [1.165, 1.54) is 18.3 Å². The van der Waals surface area contributed by atoms with Crippen LogP contribution in [-0.4, -0.2) is 29.7 Å². The fourth-order valence-electron chi connectivity index (χ4n) is 1.12. The number of hydrogen-bond donors (Lipinski definition) is 0. The lowest BCUT2D eigenvalue weighted by atomic mass is 10.4. The third kappa shape index (κ3) is 5.26. The number of pyridine rings is 1. The molecule has 6 nitrogen and oxygen atoms in total. The largest absolute Gasteiger partial charge is 0.475 e. The summed E-state index contributed by atoms with van der Waals surface area (Å²) in [6, 6.07) is 2.84. The van der Waals surface area contributed by atoms with Gasteiger partial charge in [-0.15, -0.1) is 0 Å². The molecular formula is C11H16N2O4. The van der Waals surface area contributed by atoms with Crippen molar-refractivity contribution in [1.29, 1.82) is 0 Å². The Balaban J connectivity index is 2.21. The molecule has 94 valence electrons. The molecule has 0 radical (unpaired) electrons. The molecule has 1 aromatic rings. The van der Waals surface area contributed by atoms with Crippen LogP contribution in [0.1, 0.15) is 19.8 Å². The highest BCUT2D eigenvalue weighted by Crippen LogP contribution is 2.13. The summed E-state index contributed by atoms with van der Waals surface area (Å²) in [5.74, 6) is 0.370. The molecule has 0 saturated heterocycles. The van der Waals surface area contributed by atoms with E-state index in [1.54, 1.807) is 0 Å². The lowest BCUT2D eigenvalue weighted by Crippen LogP contribution is -2.08. The molecule has 0 spiro atoms. The maximum atomic E-state index is 10.4. The van der Waals surface area contributed by atoms with Crippen molar-refractivity contribution in [3.63, 3.8) is 0 Å². The van der Waals surface area contributed by atoms with E-state index in [-0.39, 0.29) is 5.69 Å². The summed E-state index contributed by atoms with van der Waals surface area (Å²) < 4.78 is 10.6. The van der Waals surface area contributed by atoms with E-state index in [4.69, 9.17) is 9.47 Å². The first-order chi connectivity index (χ1) is 8.24. The van der Waals surface area contributed by atoms with E-state index in [9.17, 15) is 10.1 Å². The molecule has 17 heavy (non-hydrogen) atoms. The van der Waals surface area contributed by atoms with E-state index in [2.05, 4.69) is 11.9 Å². The second-order valence-electron chi connectivity index (χ2n) is 3.43. The van der Waals surface area contributed by atoms with Gasteiger partial charge in [-0.2, -0.15) is 0 Å². The van der Waals surface area contributed by atoms with Crippen LogP contribution < -0.4 is 4.74 Å². The normalized spacial score (nSPS) is 10.2. The van der Waals surface area contributed by atoms with Gasteiger partial charge in [0.2, 0.25) is 5.88 Å². The Labute approximate surface area is 99.7 Å². The maximum Gasteiger partial charge on any atom is 0.287 e.